The van der Waals surface area contributed by atoms with E-state index < -0.39 is 17.0 Å². The fourth-order valence-electron chi connectivity index (χ4n) is 4.08. The molecule has 1 saturated carbocycles. The minimum atomic E-state index is -1.14. The van der Waals surface area contributed by atoms with Gasteiger partial charge < -0.3 is 16.2 Å². The zero-order chi connectivity index (χ0) is 16.8. The van der Waals surface area contributed by atoms with Gasteiger partial charge in [-0.05, 0) is 61.9 Å². The van der Waals surface area contributed by atoms with Crippen LogP contribution in [0.4, 0.5) is 4.39 Å². The first-order valence-corrected chi connectivity index (χ1v) is 8.43. The topological polar surface area (TPSA) is 75.3 Å². The van der Waals surface area contributed by atoms with Crippen LogP contribution in [0.15, 0.2) is 12.1 Å². The van der Waals surface area contributed by atoms with Crippen molar-refractivity contribution in [2.75, 3.05) is 7.05 Å². The van der Waals surface area contributed by atoms with Gasteiger partial charge in [0.15, 0.2) is 0 Å². The van der Waals surface area contributed by atoms with Crippen molar-refractivity contribution in [2.45, 2.75) is 49.5 Å². The third kappa shape index (κ3) is 2.39. The van der Waals surface area contributed by atoms with Gasteiger partial charge in [-0.3, -0.25) is 0 Å². The van der Waals surface area contributed by atoms with E-state index in [-0.39, 0.29) is 11.7 Å². The molecule has 1 fully saturated rings. The number of benzene rings is 1. The SMILES string of the molecule is BCCC[C@H]1Cc2cc(F)c(C3(N)CC3)cc2[C@@]1(NC)C(=O)O. The van der Waals surface area contributed by atoms with Crippen molar-refractivity contribution in [3.8, 4) is 0 Å². The van der Waals surface area contributed by atoms with Crippen molar-refractivity contribution in [1.82, 2.24) is 5.32 Å². The lowest BCUT2D eigenvalue weighted by molar-refractivity contribution is -0.147. The molecule has 4 N–H and O–H groups in total. The number of rotatable bonds is 6. The Morgan fingerprint density at radius 3 is 2.70 bits per heavy atom. The summed E-state index contributed by atoms with van der Waals surface area (Å²) in [7, 11) is 3.77. The summed E-state index contributed by atoms with van der Waals surface area (Å²) in [4.78, 5) is 12.2. The lowest BCUT2D eigenvalue weighted by Gasteiger charge is -2.32. The van der Waals surface area contributed by atoms with E-state index in [1.807, 2.05) is 0 Å². The zero-order valence-electron chi connectivity index (χ0n) is 13.8. The number of nitrogens with one attached hydrogen (secondary N) is 1. The van der Waals surface area contributed by atoms with Crippen molar-refractivity contribution in [3.63, 3.8) is 0 Å². The maximum atomic E-state index is 14.5. The largest absolute Gasteiger partial charge is 0.480 e. The number of hydrogen-bond donors (Lipinski definition) is 3. The van der Waals surface area contributed by atoms with Gasteiger partial charge in [0.25, 0.3) is 0 Å². The van der Waals surface area contributed by atoms with Crippen molar-refractivity contribution >= 4 is 13.8 Å². The Bertz CT molecular complexity index is 648. The Kier molecular flexibility index (Phi) is 4.01. The van der Waals surface area contributed by atoms with Crippen LogP contribution in [0.1, 0.15) is 42.4 Å². The van der Waals surface area contributed by atoms with Crippen LogP contribution in [-0.2, 0) is 22.3 Å². The van der Waals surface area contributed by atoms with Gasteiger partial charge in [0.05, 0.1) is 0 Å². The Labute approximate surface area is 137 Å². The zero-order valence-corrected chi connectivity index (χ0v) is 13.8. The molecular weight excluding hydrogens is 294 g/mol. The molecule has 0 amide bonds. The minimum Gasteiger partial charge on any atom is -0.480 e. The molecule has 2 atom stereocenters. The highest BCUT2D eigenvalue weighted by atomic mass is 19.1. The van der Waals surface area contributed by atoms with Gasteiger partial charge in [0, 0.05) is 11.1 Å². The summed E-state index contributed by atoms with van der Waals surface area (Å²) in [6, 6.07) is 3.23. The Hall–Kier alpha value is -1.40. The van der Waals surface area contributed by atoms with Crippen LogP contribution >= 0.6 is 0 Å². The van der Waals surface area contributed by atoms with E-state index >= 15 is 0 Å². The molecule has 1 aromatic carbocycles. The Morgan fingerprint density at radius 1 is 1.48 bits per heavy atom. The molecule has 23 heavy (non-hydrogen) atoms. The summed E-state index contributed by atoms with van der Waals surface area (Å²) in [6.07, 6.45) is 4.88. The van der Waals surface area contributed by atoms with Gasteiger partial charge in [0.2, 0.25) is 0 Å². The van der Waals surface area contributed by atoms with E-state index in [4.69, 9.17) is 5.73 Å². The van der Waals surface area contributed by atoms with Crippen LogP contribution in [0.5, 0.6) is 0 Å². The first-order chi connectivity index (χ1) is 10.9. The molecule has 2 aliphatic rings. The number of halogens is 1. The average molecular weight is 318 g/mol. The highest BCUT2D eigenvalue weighted by Gasteiger charge is 2.53. The van der Waals surface area contributed by atoms with Crippen LogP contribution in [0.2, 0.25) is 6.32 Å². The molecule has 0 spiro atoms. The molecule has 2 aliphatic carbocycles. The van der Waals surface area contributed by atoms with Crippen LogP contribution in [0.25, 0.3) is 0 Å². The monoisotopic (exact) mass is 318 g/mol. The Balaban J connectivity index is 2.11. The van der Waals surface area contributed by atoms with E-state index in [1.54, 1.807) is 13.1 Å². The number of likely N-dealkylation sites (N-methyl/N-ethyl adjacent to an activating group) is 1. The van der Waals surface area contributed by atoms with E-state index in [1.165, 1.54) is 6.07 Å². The molecule has 124 valence electrons. The van der Waals surface area contributed by atoms with Crippen LogP contribution in [0, 0.1) is 11.7 Å². The van der Waals surface area contributed by atoms with Crippen molar-refractivity contribution in [2.24, 2.45) is 11.7 Å². The van der Waals surface area contributed by atoms with Crippen LogP contribution in [-0.4, -0.2) is 26.0 Å². The number of nitrogens with two attached hydrogens (primary N) is 1. The van der Waals surface area contributed by atoms with Gasteiger partial charge >= 0.3 is 5.97 Å². The smallest absolute Gasteiger partial charge is 0.328 e. The second kappa shape index (κ2) is 5.60. The minimum absolute atomic E-state index is 0.0671. The number of carbonyl (C=O) groups is 1. The normalized spacial score (nSPS) is 27.7. The molecule has 0 saturated heterocycles. The lowest BCUT2D eigenvalue weighted by Crippen LogP contribution is -2.51. The van der Waals surface area contributed by atoms with Gasteiger partial charge in [-0.25, -0.2) is 9.18 Å². The van der Waals surface area contributed by atoms with E-state index in [9.17, 15) is 14.3 Å². The summed E-state index contributed by atoms with van der Waals surface area (Å²) < 4.78 is 14.5. The van der Waals surface area contributed by atoms with Crippen LogP contribution in [0.3, 0.4) is 0 Å². The summed E-state index contributed by atoms with van der Waals surface area (Å²) in [5.41, 5.74) is 6.38. The highest BCUT2D eigenvalue weighted by Crippen LogP contribution is 2.49. The van der Waals surface area contributed by atoms with Gasteiger partial charge in [-0.1, -0.05) is 12.7 Å². The predicted molar refractivity (Wildman–Crippen MR) is 89.7 cm³/mol. The highest BCUT2D eigenvalue weighted by molar-refractivity contribution is 6.08. The predicted octanol–water partition coefficient (Wildman–Crippen LogP) is 1.28. The van der Waals surface area contributed by atoms with Crippen molar-refractivity contribution in [3.05, 3.63) is 34.6 Å². The molecule has 0 bridgehead atoms. The molecule has 3 rings (SSSR count). The molecule has 0 aliphatic heterocycles. The fraction of sp³-hybridized carbons (Fsp3) is 0.588. The number of hydrogen-bond acceptors (Lipinski definition) is 3. The molecule has 0 aromatic heterocycles. The molecule has 0 unspecified atom stereocenters. The van der Waals surface area contributed by atoms with Crippen molar-refractivity contribution in [1.29, 1.82) is 0 Å². The van der Waals surface area contributed by atoms with Crippen molar-refractivity contribution < 1.29 is 14.3 Å². The standard InChI is InChI=1S/C17H24BFN2O2/c1-21-17(15(22)23)11(3-2-6-18)7-10-8-14(19)13(9-12(10)17)16(20)4-5-16/h8-9,11,21H,2-7,18,20H2,1H3,(H,22,23)/t11-,17+/m0/s1. The maximum absolute atomic E-state index is 14.5. The average Bonchev–Trinajstić information content (AvgIpc) is 3.16. The maximum Gasteiger partial charge on any atom is 0.328 e. The van der Waals surface area contributed by atoms with E-state index in [2.05, 4.69) is 13.2 Å². The molecule has 1 aromatic rings. The number of aliphatic carboxylic acids is 1. The van der Waals surface area contributed by atoms with Gasteiger partial charge in [0.1, 0.15) is 19.2 Å². The molecular formula is C17H24BFN2O2. The molecule has 0 radical (unpaired) electrons. The van der Waals surface area contributed by atoms with E-state index in [0.717, 1.165) is 37.6 Å². The number of fused-ring (bicyclic) bond motifs is 1. The first kappa shape index (κ1) is 16.5. The molecule has 0 heterocycles. The lowest BCUT2D eigenvalue weighted by atomic mass is 9.79. The summed E-state index contributed by atoms with van der Waals surface area (Å²) >= 11 is 0. The van der Waals surface area contributed by atoms with Gasteiger partial charge in [-0.2, -0.15) is 0 Å². The summed E-state index contributed by atoms with van der Waals surface area (Å²) in [5, 5.41) is 13.0. The van der Waals surface area contributed by atoms with E-state index in [0.29, 0.717) is 17.5 Å². The second-order valence-corrected chi connectivity index (χ2v) is 7.05. The van der Waals surface area contributed by atoms with Gasteiger partial charge in [-0.15, -0.1) is 0 Å². The number of carboxylic acids is 1. The third-order valence-electron chi connectivity index (χ3n) is 5.66. The Morgan fingerprint density at radius 2 is 2.17 bits per heavy atom. The fourth-order valence-corrected chi connectivity index (χ4v) is 4.08. The molecule has 6 heteroatoms. The summed E-state index contributed by atoms with van der Waals surface area (Å²) in [6.45, 7) is 0. The summed E-state index contributed by atoms with van der Waals surface area (Å²) in [5.74, 6) is -1.25. The van der Waals surface area contributed by atoms with Crippen LogP contribution < -0.4 is 11.1 Å². The first-order valence-electron chi connectivity index (χ1n) is 8.43. The quantitative estimate of drug-likeness (QED) is 0.691. The third-order valence-corrected chi connectivity index (χ3v) is 5.66. The molecule has 4 nitrogen and oxygen atoms in total. The second-order valence-electron chi connectivity index (χ2n) is 7.05. The number of carboxylic acid groups (broad SMARTS) is 1.